The van der Waals surface area contributed by atoms with Gasteiger partial charge in [0.15, 0.2) is 21.4 Å². The Morgan fingerprint density at radius 2 is 2.05 bits per heavy atom. The zero-order chi connectivity index (χ0) is 15.9. The summed E-state index contributed by atoms with van der Waals surface area (Å²) in [6.07, 6.45) is 4.32. The largest absolute Gasteiger partial charge is 0.497 e. The molecular formula is C15H15NO5S. The van der Waals surface area contributed by atoms with Gasteiger partial charge in [-0.15, -0.1) is 0 Å². The van der Waals surface area contributed by atoms with Crippen LogP contribution in [0.15, 0.2) is 33.8 Å². The van der Waals surface area contributed by atoms with E-state index in [9.17, 15) is 13.2 Å². The van der Waals surface area contributed by atoms with E-state index >= 15 is 0 Å². The second-order valence-corrected chi connectivity index (χ2v) is 7.33. The Morgan fingerprint density at radius 3 is 2.64 bits per heavy atom. The fourth-order valence-electron chi connectivity index (χ4n) is 2.34. The molecule has 0 radical (unpaired) electrons. The first-order valence-corrected chi connectivity index (χ1v) is 8.68. The van der Waals surface area contributed by atoms with Gasteiger partial charge in [-0.3, -0.25) is 4.79 Å². The van der Waals surface area contributed by atoms with E-state index in [0.29, 0.717) is 17.1 Å². The smallest absolute Gasteiger partial charge is 0.199 e. The Balaban J connectivity index is 2.13. The van der Waals surface area contributed by atoms with Crippen LogP contribution in [0.5, 0.6) is 5.75 Å². The van der Waals surface area contributed by atoms with Crippen LogP contribution in [0.25, 0.3) is 0 Å². The number of ether oxygens (including phenoxy) is 1. The summed E-state index contributed by atoms with van der Waals surface area (Å²) in [6, 6.07) is 4.33. The molecule has 0 atom stereocenters. The third-order valence-electron chi connectivity index (χ3n) is 3.62. The minimum Gasteiger partial charge on any atom is -0.497 e. The first kappa shape index (κ1) is 14.8. The van der Waals surface area contributed by atoms with Crippen molar-refractivity contribution < 1.29 is 22.5 Å². The lowest BCUT2D eigenvalue weighted by atomic mass is 10.0. The first-order chi connectivity index (χ1) is 10.4. The Labute approximate surface area is 128 Å². The minimum absolute atomic E-state index is 0.0266. The van der Waals surface area contributed by atoms with E-state index < -0.39 is 15.6 Å². The summed E-state index contributed by atoms with van der Waals surface area (Å²) >= 11 is 0. The molecule has 1 heterocycles. The molecule has 0 N–H and O–H groups in total. The molecular weight excluding hydrogens is 306 g/mol. The van der Waals surface area contributed by atoms with Crippen LogP contribution in [0.3, 0.4) is 0 Å². The van der Waals surface area contributed by atoms with E-state index in [0.717, 1.165) is 19.1 Å². The van der Waals surface area contributed by atoms with E-state index in [1.54, 1.807) is 0 Å². The van der Waals surface area contributed by atoms with Gasteiger partial charge in [0.05, 0.1) is 23.8 Å². The molecule has 0 bridgehead atoms. The molecule has 1 fully saturated rings. The normalized spacial score (nSPS) is 14.8. The predicted octanol–water partition coefficient (Wildman–Crippen LogP) is 2.20. The summed E-state index contributed by atoms with van der Waals surface area (Å²) in [5.74, 6) is 0.740. The molecule has 1 aromatic heterocycles. The van der Waals surface area contributed by atoms with Crippen molar-refractivity contribution in [3.8, 4) is 5.75 Å². The molecule has 1 aromatic carbocycles. The van der Waals surface area contributed by atoms with Gasteiger partial charge < -0.3 is 9.26 Å². The number of sulfone groups is 1. The fourth-order valence-corrected chi connectivity index (χ4v) is 3.21. The van der Waals surface area contributed by atoms with Crippen molar-refractivity contribution in [2.45, 2.75) is 23.7 Å². The SMILES string of the molecule is COc1ccc(S(C)(=O)=O)c(C(=O)c2cnoc2C2CC2)c1. The van der Waals surface area contributed by atoms with Gasteiger partial charge in [-0.1, -0.05) is 5.16 Å². The van der Waals surface area contributed by atoms with Crippen molar-refractivity contribution in [2.75, 3.05) is 13.4 Å². The van der Waals surface area contributed by atoms with Gasteiger partial charge in [0.2, 0.25) is 0 Å². The maximum Gasteiger partial charge on any atom is 0.199 e. The maximum atomic E-state index is 12.8. The molecule has 0 amide bonds. The summed E-state index contributed by atoms with van der Waals surface area (Å²) in [5.41, 5.74) is 0.396. The first-order valence-electron chi connectivity index (χ1n) is 6.79. The second kappa shape index (κ2) is 5.24. The molecule has 0 spiro atoms. The van der Waals surface area contributed by atoms with Crippen LogP contribution in [0, 0.1) is 0 Å². The number of rotatable bonds is 5. The predicted molar refractivity (Wildman–Crippen MR) is 78.0 cm³/mol. The van der Waals surface area contributed by atoms with Crippen molar-refractivity contribution in [1.82, 2.24) is 5.16 Å². The summed E-state index contributed by atoms with van der Waals surface area (Å²) in [5, 5.41) is 3.69. The summed E-state index contributed by atoms with van der Waals surface area (Å²) in [4.78, 5) is 12.7. The van der Waals surface area contributed by atoms with Crippen LogP contribution in [0.2, 0.25) is 0 Å². The highest BCUT2D eigenvalue weighted by atomic mass is 32.2. The second-order valence-electron chi connectivity index (χ2n) is 5.34. The van der Waals surface area contributed by atoms with Crippen molar-refractivity contribution in [3.63, 3.8) is 0 Å². The lowest BCUT2D eigenvalue weighted by molar-refractivity contribution is 0.103. The Kier molecular flexibility index (Phi) is 3.52. The van der Waals surface area contributed by atoms with Crippen LogP contribution in [0.1, 0.15) is 40.4 Å². The zero-order valence-electron chi connectivity index (χ0n) is 12.2. The van der Waals surface area contributed by atoms with Crippen molar-refractivity contribution >= 4 is 15.6 Å². The Bertz CT molecular complexity index is 833. The number of carbonyl (C=O) groups excluding carboxylic acids is 1. The molecule has 1 aliphatic carbocycles. The Morgan fingerprint density at radius 1 is 1.32 bits per heavy atom. The minimum atomic E-state index is -3.54. The summed E-state index contributed by atoms with van der Waals surface area (Å²) in [6.45, 7) is 0. The number of nitrogens with zero attached hydrogens (tertiary/aromatic N) is 1. The molecule has 3 rings (SSSR count). The van der Waals surface area contributed by atoms with Crippen LogP contribution in [-0.4, -0.2) is 32.7 Å². The lowest BCUT2D eigenvalue weighted by Gasteiger charge is -2.09. The highest BCUT2D eigenvalue weighted by Gasteiger charge is 2.33. The van der Waals surface area contributed by atoms with Gasteiger partial charge in [0, 0.05) is 17.7 Å². The molecule has 0 saturated heterocycles. The molecule has 7 heteroatoms. The molecule has 1 aliphatic rings. The van der Waals surface area contributed by atoms with Gasteiger partial charge >= 0.3 is 0 Å². The van der Waals surface area contributed by atoms with Gasteiger partial charge in [-0.2, -0.15) is 0 Å². The highest BCUT2D eigenvalue weighted by Crippen LogP contribution is 2.42. The van der Waals surface area contributed by atoms with Crippen molar-refractivity contribution in [3.05, 3.63) is 41.3 Å². The number of hydrogen-bond acceptors (Lipinski definition) is 6. The van der Waals surface area contributed by atoms with Crippen LogP contribution < -0.4 is 4.74 Å². The molecule has 0 unspecified atom stereocenters. The van der Waals surface area contributed by atoms with Gasteiger partial charge in [0.25, 0.3) is 0 Å². The third-order valence-corrected chi connectivity index (χ3v) is 4.78. The number of aromatic nitrogens is 1. The van der Waals surface area contributed by atoms with Crippen molar-refractivity contribution in [1.29, 1.82) is 0 Å². The molecule has 2 aromatic rings. The molecule has 116 valence electrons. The summed E-state index contributed by atoms with van der Waals surface area (Å²) < 4.78 is 34.1. The van der Waals surface area contributed by atoms with Gasteiger partial charge in [0.1, 0.15) is 5.75 Å². The van der Waals surface area contributed by atoms with Crippen LogP contribution in [0.4, 0.5) is 0 Å². The lowest BCUT2D eigenvalue weighted by Crippen LogP contribution is -2.10. The van der Waals surface area contributed by atoms with E-state index in [-0.39, 0.29) is 16.4 Å². The molecule has 22 heavy (non-hydrogen) atoms. The Hall–Kier alpha value is -2.15. The molecule has 1 saturated carbocycles. The standard InChI is InChI=1S/C15H15NO5S/c1-20-10-5-6-13(22(2,18)19)11(7-10)14(17)12-8-16-21-15(12)9-3-4-9/h5-9H,3-4H2,1-2H3. The molecule has 0 aliphatic heterocycles. The number of carbonyl (C=O) groups is 1. The average Bonchev–Trinajstić information content (AvgIpc) is 3.22. The highest BCUT2D eigenvalue weighted by molar-refractivity contribution is 7.90. The van der Waals surface area contributed by atoms with E-state index in [1.165, 1.54) is 31.5 Å². The van der Waals surface area contributed by atoms with Crippen LogP contribution >= 0.6 is 0 Å². The monoisotopic (exact) mass is 321 g/mol. The topological polar surface area (TPSA) is 86.5 Å². The third kappa shape index (κ3) is 2.64. The van der Waals surface area contributed by atoms with Gasteiger partial charge in [-0.05, 0) is 31.0 Å². The molecule has 6 nitrogen and oxygen atoms in total. The number of benzene rings is 1. The number of ketones is 1. The van der Waals surface area contributed by atoms with Crippen LogP contribution in [-0.2, 0) is 9.84 Å². The van der Waals surface area contributed by atoms with E-state index in [2.05, 4.69) is 5.16 Å². The quantitative estimate of drug-likeness (QED) is 0.785. The average molecular weight is 321 g/mol. The van der Waals surface area contributed by atoms with Crippen molar-refractivity contribution in [2.24, 2.45) is 0 Å². The number of methoxy groups -OCH3 is 1. The number of hydrogen-bond donors (Lipinski definition) is 0. The van der Waals surface area contributed by atoms with E-state index in [4.69, 9.17) is 9.26 Å². The maximum absolute atomic E-state index is 12.8. The van der Waals surface area contributed by atoms with E-state index in [1.807, 2.05) is 0 Å². The zero-order valence-corrected chi connectivity index (χ0v) is 13.0. The van der Waals surface area contributed by atoms with Gasteiger partial charge in [-0.25, -0.2) is 8.42 Å². The fraction of sp³-hybridized carbons (Fsp3) is 0.333. The summed E-state index contributed by atoms with van der Waals surface area (Å²) in [7, 11) is -2.08.